The van der Waals surface area contributed by atoms with E-state index in [0.717, 1.165) is 0 Å². The van der Waals surface area contributed by atoms with E-state index in [1.807, 2.05) is 0 Å². The standard InChI is InChI=1S/C14H16F2N2/c15-14(16,13-4-2-1-3-5-13)11-18-8-6-12(10-17)7-9-18/h1-5,12H,6-9,11H2. The molecule has 0 unspecified atom stereocenters. The first-order chi connectivity index (χ1) is 8.62. The Morgan fingerprint density at radius 2 is 1.83 bits per heavy atom. The quantitative estimate of drug-likeness (QED) is 0.824. The normalized spacial score (nSPS) is 18.5. The summed E-state index contributed by atoms with van der Waals surface area (Å²) < 4.78 is 28.0. The number of likely N-dealkylation sites (tertiary alicyclic amines) is 1. The lowest BCUT2D eigenvalue weighted by molar-refractivity contribution is -0.0431. The van der Waals surface area contributed by atoms with Crippen molar-refractivity contribution < 1.29 is 8.78 Å². The molecule has 1 aliphatic rings. The number of alkyl halides is 2. The predicted octanol–water partition coefficient (Wildman–Crippen LogP) is 3.01. The highest BCUT2D eigenvalue weighted by Gasteiger charge is 2.34. The van der Waals surface area contributed by atoms with E-state index in [9.17, 15) is 8.78 Å². The van der Waals surface area contributed by atoms with Crippen molar-refractivity contribution in [1.29, 1.82) is 5.26 Å². The van der Waals surface area contributed by atoms with Crippen LogP contribution in [0.2, 0.25) is 0 Å². The molecule has 0 atom stereocenters. The van der Waals surface area contributed by atoms with Crippen molar-refractivity contribution in [3.05, 3.63) is 35.9 Å². The SMILES string of the molecule is N#CC1CCN(CC(F)(F)c2ccccc2)CC1. The Balaban J connectivity index is 1.96. The van der Waals surface area contributed by atoms with Crippen LogP contribution in [0.1, 0.15) is 18.4 Å². The number of piperidine rings is 1. The highest BCUT2D eigenvalue weighted by Crippen LogP contribution is 2.30. The first kappa shape index (κ1) is 13.0. The Labute approximate surface area is 106 Å². The zero-order chi connectivity index (χ0) is 13.0. The van der Waals surface area contributed by atoms with Crippen LogP contribution in [0.25, 0.3) is 0 Å². The smallest absolute Gasteiger partial charge is 0.285 e. The third kappa shape index (κ3) is 3.05. The van der Waals surface area contributed by atoms with Crippen LogP contribution >= 0.6 is 0 Å². The molecule has 0 aromatic heterocycles. The summed E-state index contributed by atoms with van der Waals surface area (Å²) in [5.74, 6) is -2.78. The fraction of sp³-hybridized carbons (Fsp3) is 0.500. The highest BCUT2D eigenvalue weighted by molar-refractivity contribution is 5.20. The van der Waals surface area contributed by atoms with Gasteiger partial charge in [0.25, 0.3) is 5.92 Å². The van der Waals surface area contributed by atoms with E-state index >= 15 is 0 Å². The van der Waals surface area contributed by atoms with Crippen LogP contribution in [0.3, 0.4) is 0 Å². The zero-order valence-corrected chi connectivity index (χ0v) is 10.1. The molecular formula is C14H16F2N2. The average molecular weight is 250 g/mol. The van der Waals surface area contributed by atoms with Crippen molar-refractivity contribution in [3.8, 4) is 6.07 Å². The molecule has 0 saturated carbocycles. The lowest BCUT2D eigenvalue weighted by Gasteiger charge is -2.32. The minimum absolute atomic E-state index is 0.0339. The van der Waals surface area contributed by atoms with Gasteiger partial charge in [0.2, 0.25) is 0 Å². The van der Waals surface area contributed by atoms with Crippen molar-refractivity contribution in [1.82, 2.24) is 4.90 Å². The first-order valence-electron chi connectivity index (χ1n) is 6.17. The molecule has 1 heterocycles. The second kappa shape index (κ2) is 5.45. The summed E-state index contributed by atoms with van der Waals surface area (Å²) in [6, 6.07) is 10.1. The molecule has 18 heavy (non-hydrogen) atoms. The fourth-order valence-electron chi connectivity index (χ4n) is 2.27. The summed E-state index contributed by atoms with van der Waals surface area (Å²) in [6.07, 6.45) is 1.39. The van der Waals surface area contributed by atoms with Gasteiger partial charge in [0.05, 0.1) is 12.6 Å². The fourth-order valence-corrected chi connectivity index (χ4v) is 2.27. The maximum Gasteiger partial charge on any atom is 0.285 e. The number of hydrogen-bond acceptors (Lipinski definition) is 2. The molecule has 4 heteroatoms. The summed E-state index contributed by atoms with van der Waals surface area (Å²) >= 11 is 0. The molecule has 1 aromatic carbocycles. The second-order valence-corrected chi connectivity index (χ2v) is 4.75. The van der Waals surface area contributed by atoms with Crippen molar-refractivity contribution >= 4 is 0 Å². The van der Waals surface area contributed by atoms with E-state index < -0.39 is 5.92 Å². The van der Waals surface area contributed by atoms with Gasteiger partial charge >= 0.3 is 0 Å². The number of hydrogen-bond donors (Lipinski definition) is 0. The molecule has 0 spiro atoms. The van der Waals surface area contributed by atoms with E-state index in [-0.39, 0.29) is 18.0 Å². The third-order valence-corrected chi connectivity index (χ3v) is 3.39. The van der Waals surface area contributed by atoms with E-state index in [4.69, 9.17) is 5.26 Å². The van der Waals surface area contributed by atoms with Crippen LogP contribution in [0.4, 0.5) is 8.78 Å². The minimum Gasteiger partial charge on any atom is -0.297 e. The Morgan fingerprint density at radius 3 is 2.39 bits per heavy atom. The molecule has 0 bridgehead atoms. The van der Waals surface area contributed by atoms with Crippen LogP contribution in [0, 0.1) is 17.2 Å². The maximum absolute atomic E-state index is 14.0. The van der Waals surface area contributed by atoms with Crippen molar-refractivity contribution in [2.75, 3.05) is 19.6 Å². The lowest BCUT2D eigenvalue weighted by Crippen LogP contribution is -2.40. The summed E-state index contributed by atoms with van der Waals surface area (Å²) in [4.78, 5) is 1.75. The molecule has 96 valence electrons. The molecule has 2 nitrogen and oxygen atoms in total. The number of nitrogens with zero attached hydrogens (tertiary/aromatic N) is 2. The van der Waals surface area contributed by atoms with Crippen LogP contribution in [0.15, 0.2) is 30.3 Å². The van der Waals surface area contributed by atoms with Gasteiger partial charge in [0.1, 0.15) is 0 Å². The summed E-state index contributed by atoms with van der Waals surface area (Å²) in [6.45, 7) is 0.913. The molecule has 2 rings (SSSR count). The van der Waals surface area contributed by atoms with Gasteiger partial charge in [-0.1, -0.05) is 30.3 Å². The van der Waals surface area contributed by atoms with E-state index in [1.54, 1.807) is 23.1 Å². The van der Waals surface area contributed by atoms with Crippen molar-refractivity contribution in [2.45, 2.75) is 18.8 Å². The Bertz CT molecular complexity index is 417. The van der Waals surface area contributed by atoms with Crippen LogP contribution < -0.4 is 0 Å². The molecule has 1 saturated heterocycles. The molecular weight excluding hydrogens is 234 g/mol. The Kier molecular flexibility index (Phi) is 3.93. The van der Waals surface area contributed by atoms with E-state index in [1.165, 1.54) is 12.1 Å². The number of rotatable bonds is 3. The monoisotopic (exact) mass is 250 g/mol. The zero-order valence-electron chi connectivity index (χ0n) is 10.1. The van der Waals surface area contributed by atoms with Gasteiger partial charge in [0.15, 0.2) is 0 Å². The van der Waals surface area contributed by atoms with Crippen LogP contribution in [-0.2, 0) is 5.92 Å². The molecule has 0 aliphatic carbocycles. The van der Waals surface area contributed by atoms with Gasteiger partial charge < -0.3 is 0 Å². The molecule has 0 amide bonds. The summed E-state index contributed by atoms with van der Waals surface area (Å²) in [5.41, 5.74) is 0.0624. The average Bonchev–Trinajstić information content (AvgIpc) is 2.40. The van der Waals surface area contributed by atoms with Gasteiger partial charge in [0, 0.05) is 11.5 Å². The topological polar surface area (TPSA) is 27.0 Å². The summed E-state index contributed by atoms with van der Waals surface area (Å²) in [5, 5.41) is 8.77. The third-order valence-electron chi connectivity index (χ3n) is 3.39. The second-order valence-electron chi connectivity index (χ2n) is 4.75. The highest BCUT2D eigenvalue weighted by atomic mass is 19.3. The summed E-state index contributed by atoms with van der Waals surface area (Å²) in [7, 11) is 0. The van der Waals surface area contributed by atoms with Crippen LogP contribution in [0.5, 0.6) is 0 Å². The van der Waals surface area contributed by atoms with Crippen molar-refractivity contribution in [2.24, 2.45) is 5.92 Å². The van der Waals surface area contributed by atoms with Crippen molar-refractivity contribution in [3.63, 3.8) is 0 Å². The van der Waals surface area contributed by atoms with Gasteiger partial charge in [-0.15, -0.1) is 0 Å². The molecule has 1 fully saturated rings. The minimum atomic E-state index is -2.82. The van der Waals surface area contributed by atoms with E-state index in [2.05, 4.69) is 6.07 Å². The number of nitriles is 1. The molecule has 1 aromatic rings. The maximum atomic E-state index is 14.0. The molecule has 0 radical (unpaired) electrons. The molecule has 0 N–H and O–H groups in total. The largest absolute Gasteiger partial charge is 0.297 e. The number of benzene rings is 1. The Hall–Kier alpha value is -1.47. The van der Waals surface area contributed by atoms with Gasteiger partial charge in [-0.25, -0.2) is 0 Å². The molecule has 1 aliphatic heterocycles. The van der Waals surface area contributed by atoms with Gasteiger partial charge in [-0.3, -0.25) is 4.90 Å². The van der Waals surface area contributed by atoms with Gasteiger partial charge in [-0.2, -0.15) is 14.0 Å². The Morgan fingerprint density at radius 1 is 1.22 bits per heavy atom. The number of halogens is 2. The predicted molar refractivity (Wildman–Crippen MR) is 65.1 cm³/mol. The van der Waals surface area contributed by atoms with Crippen LogP contribution in [-0.4, -0.2) is 24.5 Å². The first-order valence-corrected chi connectivity index (χ1v) is 6.17. The van der Waals surface area contributed by atoms with Gasteiger partial charge in [-0.05, 0) is 25.9 Å². The van der Waals surface area contributed by atoms with E-state index in [0.29, 0.717) is 25.9 Å². The lowest BCUT2D eigenvalue weighted by atomic mass is 9.98.